The van der Waals surface area contributed by atoms with Gasteiger partial charge in [0, 0.05) is 28.3 Å². The molecule has 0 bridgehead atoms. The summed E-state index contributed by atoms with van der Waals surface area (Å²) in [6.07, 6.45) is 0. The van der Waals surface area contributed by atoms with Crippen molar-refractivity contribution in [3.05, 3.63) is 101 Å². The molecule has 0 aliphatic heterocycles. The van der Waals surface area contributed by atoms with E-state index in [9.17, 15) is 48.7 Å². The van der Waals surface area contributed by atoms with Crippen molar-refractivity contribution in [3.63, 3.8) is 0 Å². The van der Waals surface area contributed by atoms with Crippen molar-refractivity contribution in [2.24, 2.45) is 0 Å². The number of halogens is 1. The number of carbonyl (C=O) groups excluding carboxylic acids is 3. The van der Waals surface area contributed by atoms with Gasteiger partial charge in [0.2, 0.25) is 0 Å². The summed E-state index contributed by atoms with van der Waals surface area (Å²) in [5.41, 5.74) is 3.15. The van der Waals surface area contributed by atoms with Crippen LogP contribution in [0.15, 0.2) is 87.5 Å². The predicted molar refractivity (Wildman–Crippen MR) is 174 cm³/mol. The number of nitrogens with two attached hydrogens (primary N) is 1. The van der Waals surface area contributed by atoms with Crippen molar-refractivity contribution in [2.45, 2.75) is 14.7 Å². The van der Waals surface area contributed by atoms with Crippen molar-refractivity contribution in [2.75, 3.05) is 34.5 Å². The number of sulfone groups is 1. The van der Waals surface area contributed by atoms with Gasteiger partial charge in [-0.3, -0.25) is 18.9 Å². The number of carbonyl (C=O) groups is 3. The van der Waals surface area contributed by atoms with Crippen molar-refractivity contribution < 1.29 is 78.3 Å². The number of alkyl halides is 1. The van der Waals surface area contributed by atoms with Crippen molar-refractivity contribution in [1.29, 1.82) is 0 Å². The van der Waals surface area contributed by atoms with Crippen LogP contribution in [0.5, 0.6) is 0 Å². The molecular weight excluding hydrogens is 733 g/mol. The molecule has 0 unspecified atom stereocenters. The number of hydrogen-bond donors (Lipinski definition) is 4. The van der Waals surface area contributed by atoms with Gasteiger partial charge in [-0.1, -0.05) is 36.4 Å². The molecule has 250 valence electrons. The number of hydrogen-bond acceptors (Lipinski definition) is 13. The van der Waals surface area contributed by atoms with Crippen LogP contribution in [0.4, 0.5) is 22.7 Å². The molecule has 1 aliphatic carbocycles. The van der Waals surface area contributed by atoms with Gasteiger partial charge in [0.25, 0.3) is 10.1 Å². The summed E-state index contributed by atoms with van der Waals surface area (Å²) in [5, 5.41) is 5.23. The Balaban J connectivity index is 0.00000541. The first kappa shape index (κ1) is 38.2. The summed E-state index contributed by atoms with van der Waals surface area (Å²) >= 11 is 5.56. The van der Waals surface area contributed by atoms with Crippen LogP contribution in [0, 0.1) is 0 Å². The minimum Gasteiger partial charge on any atom is -0.744 e. The number of rotatable bonds is 11. The second-order valence-corrected chi connectivity index (χ2v) is 15.6. The van der Waals surface area contributed by atoms with Gasteiger partial charge in [0.15, 0.2) is 27.2 Å². The van der Waals surface area contributed by atoms with Crippen LogP contribution in [0.2, 0.25) is 0 Å². The number of ketones is 3. The molecule has 4 aromatic carbocycles. The fourth-order valence-corrected chi connectivity index (χ4v) is 8.01. The Hall–Kier alpha value is -3.65. The van der Waals surface area contributed by atoms with Gasteiger partial charge in [0.1, 0.15) is 15.0 Å². The maximum Gasteiger partial charge on any atom is 1.00 e. The van der Waals surface area contributed by atoms with Gasteiger partial charge in [-0.15, -0.1) is 11.6 Å². The molecule has 14 nitrogen and oxygen atoms in total. The number of anilines is 4. The fourth-order valence-electron chi connectivity index (χ4n) is 5.06. The molecule has 0 aromatic heterocycles. The third-order valence-electron chi connectivity index (χ3n) is 7.31. The first-order chi connectivity index (χ1) is 22.4. The molecule has 0 fully saturated rings. The zero-order valence-electron chi connectivity index (χ0n) is 25.3. The summed E-state index contributed by atoms with van der Waals surface area (Å²) in [4.78, 5) is 37.9. The van der Waals surface area contributed by atoms with Crippen LogP contribution in [0.25, 0.3) is 0 Å². The van der Waals surface area contributed by atoms with Gasteiger partial charge in [-0.05, 0) is 36.4 Å². The number of fused-ring (bicyclic) bond motifs is 2. The van der Waals surface area contributed by atoms with E-state index < -0.39 is 91.9 Å². The molecule has 5 N–H and O–H groups in total. The Labute approximate surface area is 307 Å². The average molecular weight is 756 g/mol. The number of Topliss-reactive ketones (excluding diaryl/α,β-unsaturated/α-hetero) is 1. The van der Waals surface area contributed by atoms with Crippen LogP contribution in [0.1, 0.15) is 42.2 Å². The molecule has 5 rings (SSSR count). The van der Waals surface area contributed by atoms with E-state index >= 15 is 0 Å². The average Bonchev–Trinajstić information content (AvgIpc) is 3.02. The molecule has 4 aromatic rings. The Morgan fingerprint density at radius 2 is 1.45 bits per heavy atom. The molecule has 0 saturated heterocycles. The zero-order chi connectivity index (χ0) is 35.2. The van der Waals surface area contributed by atoms with E-state index in [1.807, 2.05) is 0 Å². The largest absolute Gasteiger partial charge is 1.00 e. The standard InChI is InChI=1S/C30H24ClN3O11S3.Na/c31-10-11-46(38,39)18-5-3-4-16(12-18)23(35)15-33-17-8-9-21(24(13-17)47(40,41)42)34-22-14-25(48(43,44)45)28(32)27-26(22)29(36)19-6-1-2-7-20(19)30(27)37;/h1-9,12-14,33-34H,10-11,15,32H2,(H,40,41,42)(H,43,44,45);/q;+1/p-1. The summed E-state index contributed by atoms with van der Waals surface area (Å²) in [7, 11) is -14.1. The quantitative estimate of drug-likeness (QED) is 0.0464. The number of benzene rings is 4. The zero-order valence-corrected chi connectivity index (χ0v) is 30.5. The van der Waals surface area contributed by atoms with Crippen LogP contribution in [-0.4, -0.2) is 69.9 Å². The molecule has 19 heteroatoms. The van der Waals surface area contributed by atoms with Crippen molar-refractivity contribution in [3.8, 4) is 0 Å². The van der Waals surface area contributed by atoms with Crippen LogP contribution in [-0.2, 0) is 30.1 Å². The van der Waals surface area contributed by atoms with Crippen molar-refractivity contribution in [1.82, 2.24) is 0 Å². The van der Waals surface area contributed by atoms with E-state index in [4.69, 9.17) is 17.3 Å². The molecule has 49 heavy (non-hydrogen) atoms. The van der Waals surface area contributed by atoms with Crippen molar-refractivity contribution >= 4 is 81.8 Å². The molecule has 0 atom stereocenters. The van der Waals surface area contributed by atoms with E-state index in [1.54, 1.807) is 0 Å². The Morgan fingerprint density at radius 1 is 0.816 bits per heavy atom. The second kappa shape index (κ2) is 14.3. The second-order valence-electron chi connectivity index (χ2n) is 10.4. The maximum atomic E-state index is 13.6. The SMILES string of the molecule is Nc1c(S(=O)(=O)[O-])cc(Nc2ccc(NCC(=O)c3cccc(S(=O)(=O)CCCl)c3)cc2S(=O)(=O)O)c2c1C(=O)c1ccccc1C2=O.[Na+]. The van der Waals surface area contributed by atoms with E-state index in [1.165, 1.54) is 54.6 Å². The maximum absolute atomic E-state index is 13.6. The smallest absolute Gasteiger partial charge is 0.744 e. The van der Waals surface area contributed by atoms with E-state index in [2.05, 4.69) is 10.6 Å². The Bertz CT molecular complexity index is 2390. The van der Waals surface area contributed by atoms with Crippen LogP contribution >= 0.6 is 11.6 Å². The van der Waals surface area contributed by atoms with Gasteiger partial charge in [0.05, 0.1) is 50.3 Å². The van der Waals surface area contributed by atoms with E-state index in [-0.39, 0.29) is 68.5 Å². The Kier molecular flexibility index (Phi) is 11.1. The van der Waals surface area contributed by atoms with E-state index in [0.717, 1.165) is 12.1 Å². The molecule has 0 saturated carbocycles. The first-order valence-corrected chi connectivity index (χ1v) is 18.6. The monoisotopic (exact) mass is 755 g/mol. The molecule has 0 heterocycles. The van der Waals surface area contributed by atoms with Gasteiger partial charge in [-0.25, -0.2) is 16.8 Å². The molecule has 0 amide bonds. The predicted octanol–water partition coefficient (Wildman–Crippen LogP) is 0.250. The molecule has 0 spiro atoms. The molecular formula is C30H23ClN3NaO11S3. The summed E-state index contributed by atoms with van der Waals surface area (Å²) < 4.78 is 96.0. The molecule has 0 radical (unpaired) electrons. The first-order valence-electron chi connectivity index (χ1n) is 13.6. The van der Waals surface area contributed by atoms with Crippen LogP contribution < -0.4 is 45.9 Å². The summed E-state index contributed by atoms with van der Waals surface area (Å²) in [6.45, 7) is -0.442. The third-order valence-corrected chi connectivity index (χ3v) is 11.2. The van der Waals surface area contributed by atoms with E-state index in [0.29, 0.717) is 6.07 Å². The van der Waals surface area contributed by atoms with Gasteiger partial charge in [-0.2, -0.15) is 8.42 Å². The normalized spacial score (nSPS) is 12.8. The summed E-state index contributed by atoms with van der Waals surface area (Å²) in [5.74, 6) is -2.70. The van der Waals surface area contributed by atoms with Crippen LogP contribution in [0.3, 0.4) is 0 Å². The minimum absolute atomic E-state index is 0. The summed E-state index contributed by atoms with van der Waals surface area (Å²) in [6, 6.07) is 14.8. The van der Waals surface area contributed by atoms with Gasteiger partial charge < -0.3 is 20.9 Å². The molecule has 1 aliphatic rings. The number of nitrogens with one attached hydrogen (secondary N) is 2. The third kappa shape index (κ3) is 7.74. The topological polar surface area (TPSA) is 247 Å². The fraction of sp³-hybridized carbons (Fsp3) is 0.100. The van der Waals surface area contributed by atoms with Gasteiger partial charge >= 0.3 is 29.6 Å². The minimum atomic E-state index is -5.33. The number of nitrogen functional groups attached to an aromatic ring is 1. The Morgan fingerprint density at radius 3 is 2.04 bits per heavy atom.